The molecule has 0 bridgehead atoms. The van der Waals surface area contributed by atoms with Crippen LogP contribution in [0.3, 0.4) is 0 Å². The van der Waals surface area contributed by atoms with Crippen LogP contribution in [0.5, 0.6) is 5.75 Å². The molecule has 0 saturated heterocycles. The Morgan fingerprint density at radius 2 is 2.00 bits per heavy atom. The zero-order valence-electron chi connectivity index (χ0n) is 15.8. The number of hydrogen-bond donors (Lipinski definition) is 2. The summed E-state index contributed by atoms with van der Waals surface area (Å²) in [7, 11) is 0. The van der Waals surface area contributed by atoms with Gasteiger partial charge in [-0.05, 0) is 54.4 Å². The highest BCUT2D eigenvalue weighted by Gasteiger charge is 2.29. The lowest BCUT2D eigenvalue weighted by atomic mass is 10.1. The Balaban J connectivity index is 1.97. The van der Waals surface area contributed by atoms with Gasteiger partial charge in [-0.15, -0.1) is 0 Å². The number of nitrogens with one attached hydrogen (secondary N) is 1. The van der Waals surface area contributed by atoms with E-state index in [1.54, 1.807) is 25.1 Å². The normalized spacial score (nSPS) is 10.5. The topological polar surface area (TPSA) is 121 Å². The van der Waals surface area contributed by atoms with E-state index in [1.807, 2.05) is 0 Å². The van der Waals surface area contributed by atoms with Crippen molar-refractivity contribution >= 4 is 51.2 Å². The highest BCUT2D eigenvalue weighted by atomic mass is 79.9. The van der Waals surface area contributed by atoms with E-state index in [1.165, 1.54) is 6.92 Å². The first-order chi connectivity index (χ1) is 13.7. The Morgan fingerprint density at radius 3 is 2.62 bits per heavy atom. The Bertz CT molecular complexity index is 928. The number of esters is 1. The van der Waals surface area contributed by atoms with Crippen molar-refractivity contribution in [1.82, 2.24) is 0 Å². The molecule has 1 aromatic heterocycles. The second kappa shape index (κ2) is 10.3. The summed E-state index contributed by atoms with van der Waals surface area (Å²) in [4.78, 5) is 36.0. The number of halogens is 2. The van der Waals surface area contributed by atoms with Crippen LogP contribution in [0.4, 0.5) is 5.88 Å². The largest absolute Gasteiger partial charge is 0.492 e. The molecule has 0 spiro atoms. The first-order valence-corrected chi connectivity index (χ1v) is 9.89. The third-order valence-corrected chi connectivity index (χ3v) is 4.62. The quantitative estimate of drug-likeness (QED) is 0.406. The molecule has 3 N–H and O–H groups in total. The van der Waals surface area contributed by atoms with Crippen molar-refractivity contribution in [2.45, 2.75) is 26.7 Å². The van der Waals surface area contributed by atoms with Crippen molar-refractivity contribution in [3.05, 3.63) is 44.6 Å². The van der Waals surface area contributed by atoms with Crippen LogP contribution < -0.4 is 15.8 Å². The summed E-state index contributed by atoms with van der Waals surface area (Å²) in [5.41, 5.74) is 5.05. The van der Waals surface area contributed by atoms with E-state index in [4.69, 9.17) is 31.2 Å². The number of benzene rings is 1. The summed E-state index contributed by atoms with van der Waals surface area (Å²) in [5.74, 6) is -1.52. The Labute approximate surface area is 180 Å². The minimum Gasteiger partial charge on any atom is -0.492 e. The van der Waals surface area contributed by atoms with Gasteiger partial charge in [0.2, 0.25) is 11.8 Å². The number of primary amides is 1. The summed E-state index contributed by atoms with van der Waals surface area (Å²) < 4.78 is 16.6. The average molecular weight is 488 g/mol. The number of furan rings is 1. The Morgan fingerprint density at radius 1 is 1.28 bits per heavy atom. The van der Waals surface area contributed by atoms with E-state index in [-0.39, 0.29) is 42.4 Å². The molecule has 0 aliphatic rings. The van der Waals surface area contributed by atoms with Crippen LogP contribution >= 0.6 is 27.5 Å². The average Bonchev–Trinajstić information content (AvgIpc) is 2.96. The molecule has 0 radical (unpaired) electrons. The summed E-state index contributed by atoms with van der Waals surface area (Å²) >= 11 is 9.22. The molecule has 2 rings (SSSR count). The third kappa shape index (κ3) is 5.98. The van der Waals surface area contributed by atoms with Gasteiger partial charge in [-0.3, -0.25) is 14.9 Å². The standard InChI is InChI=1S/C19H20BrClN2O6/c1-3-27-19(26)15-10(2)29-18(16(15)17(22)25)23-14(24)5-4-8-28-13-7-6-11(21)9-12(13)20/h6-7,9H,3-5,8H2,1-2H3,(H2,22,25)(H,23,24). The van der Waals surface area contributed by atoms with E-state index >= 15 is 0 Å². The van der Waals surface area contributed by atoms with Gasteiger partial charge in [0, 0.05) is 11.4 Å². The van der Waals surface area contributed by atoms with Crippen molar-refractivity contribution < 1.29 is 28.3 Å². The highest BCUT2D eigenvalue weighted by molar-refractivity contribution is 9.10. The van der Waals surface area contributed by atoms with Crippen LogP contribution in [-0.2, 0) is 9.53 Å². The summed E-state index contributed by atoms with van der Waals surface area (Å²) in [6, 6.07) is 5.11. The number of ether oxygens (including phenoxy) is 2. The maximum atomic E-state index is 12.2. The summed E-state index contributed by atoms with van der Waals surface area (Å²) in [6.07, 6.45) is 0.495. The number of aryl methyl sites for hydroxylation is 1. The van der Waals surface area contributed by atoms with Crippen LogP contribution in [0, 0.1) is 6.92 Å². The molecule has 1 aromatic carbocycles. The fourth-order valence-electron chi connectivity index (χ4n) is 2.51. The van der Waals surface area contributed by atoms with Crippen LogP contribution in [0.15, 0.2) is 27.1 Å². The van der Waals surface area contributed by atoms with Gasteiger partial charge in [0.05, 0.1) is 17.7 Å². The number of nitrogens with two attached hydrogens (primary N) is 1. The molecule has 156 valence electrons. The number of anilines is 1. The Kier molecular flexibility index (Phi) is 8.10. The van der Waals surface area contributed by atoms with E-state index in [0.29, 0.717) is 21.7 Å². The summed E-state index contributed by atoms with van der Waals surface area (Å²) in [5, 5.41) is 3.05. The molecular formula is C19H20BrClN2O6. The fraction of sp³-hybridized carbons (Fsp3) is 0.316. The predicted molar refractivity (Wildman–Crippen MR) is 110 cm³/mol. The predicted octanol–water partition coefficient (Wildman–Crippen LogP) is 4.08. The van der Waals surface area contributed by atoms with Gasteiger partial charge >= 0.3 is 5.97 Å². The number of amides is 2. The molecular weight excluding hydrogens is 468 g/mol. The van der Waals surface area contributed by atoms with E-state index in [2.05, 4.69) is 21.2 Å². The third-order valence-electron chi connectivity index (χ3n) is 3.76. The second-order valence-corrected chi connectivity index (χ2v) is 7.19. The minimum atomic E-state index is -0.906. The van der Waals surface area contributed by atoms with Crippen molar-refractivity contribution in [1.29, 1.82) is 0 Å². The van der Waals surface area contributed by atoms with Gasteiger partial charge in [0.1, 0.15) is 22.6 Å². The van der Waals surface area contributed by atoms with E-state index < -0.39 is 17.8 Å². The lowest BCUT2D eigenvalue weighted by Crippen LogP contribution is -2.20. The molecule has 0 aliphatic heterocycles. The number of carbonyl (C=O) groups is 3. The van der Waals surface area contributed by atoms with Gasteiger partial charge < -0.3 is 19.6 Å². The zero-order chi connectivity index (χ0) is 21.6. The van der Waals surface area contributed by atoms with Gasteiger partial charge in [0.25, 0.3) is 5.91 Å². The molecule has 1 heterocycles. The molecule has 29 heavy (non-hydrogen) atoms. The number of rotatable bonds is 9. The van der Waals surface area contributed by atoms with Crippen LogP contribution in [0.1, 0.15) is 46.2 Å². The van der Waals surface area contributed by atoms with Crippen LogP contribution in [0.25, 0.3) is 0 Å². The molecule has 0 atom stereocenters. The van der Waals surface area contributed by atoms with Crippen LogP contribution in [-0.4, -0.2) is 31.0 Å². The number of carbonyl (C=O) groups excluding carboxylic acids is 3. The zero-order valence-corrected chi connectivity index (χ0v) is 18.2. The molecule has 0 aliphatic carbocycles. The van der Waals surface area contributed by atoms with Crippen molar-refractivity contribution in [3.8, 4) is 5.75 Å². The molecule has 0 fully saturated rings. The summed E-state index contributed by atoms with van der Waals surface area (Å²) in [6.45, 7) is 3.51. The molecule has 2 aromatic rings. The van der Waals surface area contributed by atoms with Gasteiger partial charge in [0.15, 0.2) is 0 Å². The maximum Gasteiger partial charge on any atom is 0.342 e. The van der Waals surface area contributed by atoms with Crippen molar-refractivity contribution in [2.75, 3.05) is 18.5 Å². The monoisotopic (exact) mass is 486 g/mol. The lowest BCUT2D eigenvalue weighted by molar-refractivity contribution is -0.116. The van der Waals surface area contributed by atoms with Gasteiger partial charge in [-0.25, -0.2) is 4.79 Å². The second-order valence-electron chi connectivity index (χ2n) is 5.90. The van der Waals surface area contributed by atoms with Crippen LogP contribution in [0.2, 0.25) is 5.02 Å². The smallest absolute Gasteiger partial charge is 0.342 e. The van der Waals surface area contributed by atoms with E-state index in [0.717, 1.165) is 0 Å². The van der Waals surface area contributed by atoms with Crippen molar-refractivity contribution in [2.24, 2.45) is 5.73 Å². The maximum absolute atomic E-state index is 12.2. The molecule has 8 nitrogen and oxygen atoms in total. The SMILES string of the molecule is CCOC(=O)c1c(C)oc(NC(=O)CCCOc2ccc(Cl)cc2Br)c1C(N)=O. The van der Waals surface area contributed by atoms with Crippen molar-refractivity contribution in [3.63, 3.8) is 0 Å². The first-order valence-electron chi connectivity index (χ1n) is 8.72. The molecule has 10 heteroatoms. The highest BCUT2D eigenvalue weighted by Crippen LogP contribution is 2.29. The molecule has 0 unspecified atom stereocenters. The van der Waals surface area contributed by atoms with Gasteiger partial charge in [-0.1, -0.05) is 11.6 Å². The number of hydrogen-bond acceptors (Lipinski definition) is 6. The minimum absolute atomic E-state index is 0.0921. The Hall–Kier alpha value is -2.52. The fourth-order valence-corrected chi connectivity index (χ4v) is 3.31. The molecule has 0 saturated carbocycles. The van der Waals surface area contributed by atoms with Gasteiger partial charge in [-0.2, -0.15) is 0 Å². The lowest BCUT2D eigenvalue weighted by Gasteiger charge is -2.08. The van der Waals surface area contributed by atoms with E-state index in [9.17, 15) is 14.4 Å². The first kappa shape index (κ1) is 22.8. The molecule has 2 amide bonds.